The van der Waals surface area contributed by atoms with Gasteiger partial charge in [0.25, 0.3) is 0 Å². The first-order valence-corrected chi connectivity index (χ1v) is 11.4. The Hall–Kier alpha value is -3.07. The molecule has 0 saturated carbocycles. The first kappa shape index (κ1) is 21.6. The van der Waals surface area contributed by atoms with E-state index in [0.717, 1.165) is 11.8 Å². The summed E-state index contributed by atoms with van der Waals surface area (Å²) in [4.78, 5) is 26.9. The highest BCUT2D eigenvalue weighted by Gasteiger charge is 2.36. The number of benzene rings is 2. The predicted octanol–water partition coefficient (Wildman–Crippen LogP) is 2.30. The van der Waals surface area contributed by atoms with Gasteiger partial charge in [0.05, 0.1) is 31.0 Å². The first-order valence-electron chi connectivity index (χ1n) is 9.49. The number of anilines is 2. The van der Waals surface area contributed by atoms with Crippen molar-refractivity contribution < 1.29 is 22.7 Å². The Morgan fingerprint density at radius 1 is 1.20 bits per heavy atom. The minimum absolute atomic E-state index is 0.117. The van der Waals surface area contributed by atoms with E-state index in [1.54, 1.807) is 41.3 Å². The number of sulfonamides is 1. The number of ether oxygens (including phenoxy) is 1. The summed E-state index contributed by atoms with van der Waals surface area (Å²) in [6, 6.07) is 13.7. The molecular weight excluding hydrogens is 406 g/mol. The standard InChI is InChI=1S/C21H25N3O5S/c1-14(15-7-6-8-17(11-15)23-30(3,27)28)22-21(26)16-12-20(25)24(13-16)18-9-4-5-10-19(18)29-2/h4-11,14,16,23H,12-13H2,1-3H3,(H,22,26). The Morgan fingerprint density at radius 2 is 1.93 bits per heavy atom. The Bertz CT molecular complexity index is 1050. The van der Waals surface area contributed by atoms with Crippen LogP contribution in [0.15, 0.2) is 48.5 Å². The lowest BCUT2D eigenvalue weighted by molar-refractivity contribution is -0.126. The fourth-order valence-corrected chi connectivity index (χ4v) is 4.02. The molecule has 2 amide bonds. The van der Waals surface area contributed by atoms with Crippen molar-refractivity contribution in [2.45, 2.75) is 19.4 Å². The van der Waals surface area contributed by atoms with Gasteiger partial charge in [-0.2, -0.15) is 0 Å². The molecule has 1 aliphatic rings. The van der Waals surface area contributed by atoms with Crippen LogP contribution in [-0.2, 0) is 19.6 Å². The number of amides is 2. The van der Waals surface area contributed by atoms with Crippen molar-refractivity contribution in [1.29, 1.82) is 0 Å². The number of para-hydroxylation sites is 2. The smallest absolute Gasteiger partial charge is 0.229 e. The summed E-state index contributed by atoms with van der Waals surface area (Å²) < 4.78 is 30.6. The average molecular weight is 432 g/mol. The molecule has 2 unspecified atom stereocenters. The maximum absolute atomic E-state index is 12.8. The van der Waals surface area contributed by atoms with Crippen LogP contribution in [0.4, 0.5) is 11.4 Å². The van der Waals surface area contributed by atoms with Crippen molar-refractivity contribution in [2.24, 2.45) is 5.92 Å². The van der Waals surface area contributed by atoms with Gasteiger partial charge in [0.2, 0.25) is 21.8 Å². The molecule has 0 radical (unpaired) electrons. The molecule has 0 aliphatic carbocycles. The molecule has 0 aromatic heterocycles. The molecule has 1 saturated heterocycles. The van der Waals surface area contributed by atoms with Crippen LogP contribution in [0.2, 0.25) is 0 Å². The number of methoxy groups -OCH3 is 1. The van der Waals surface area contributed by atoms with Gasteiger partial charge < -0.3 is 15.0 Å². The second kappa shape index (κ2) is 8.74. The van der Waals surface area contributed by atoms with Gasteiger partial charge in [-0.25, -0.2) is 8.42 Å². The van der Waals surface area contributed by atoms with E-state index in [1.807, 2.05) is 19.1 Å². The van der Waals surface area contributed by atoms with Gasteiger partial charge in [-0.05, 0) is 36.8 Å². The Balaban J connectivity index is 1.68. The molecule has 8 nitrogen and oxygen atoms in total. The topological polar surface area (TPSA) is 105 Å². The number of nitrogens with one attached hydrogen (secondary N) is 2. The van der Waals surface area contributed by atoms with Gasteiger partial charge in [0.15, 0.2) is 0 Å². The Morgan fingerprint density at radius 3 is 2.63 bits per heavy atom. The largest absolute Gasteiger partial charge is 0.495 e. The number of hydrogen-bond donors (Lipinski definition) is 2. The zero-order valence-electron chi connectivity index (χ0n) is 17.1. The van der Waals surface area contributed by atoms with Crippen LogP contribution in [0.25, 0.3) is 0 Å². The van der Waals surface area contributed by atoms with Crippen LogP contribution in [0.1, 0.15) is 24.9 Å². The maximum atomic E-state index is 12.8. The van der Waals surface area contributed by atoms with Crippen LogP contribution < -0.4 is 19.7 Å². The summed E-state index contributed by atoms with van der Waals surface area (Å²) in [7, 11) is -1.85. The minimum Gasteiger partial charge on any atom is -0.495 e. The van der Waals surface area contributed by atoms with Gasteiger partial charge in [0.1, 0.15) is 5.75 Å². The van der Waals surface area contributed by atoms with Crippen LogP contribution >= 0.6 is 0 Å². The number of nitrogens with zero attached hydrogens (tertiary/aromatic N) is 1. The molecule has 160 valence electrons. The van der Waals surface area contributed by atoms with E-state index in [9.17, 15) is 18.0 Å². The lowest BCUT2D eigenvalue weighted by atomic mass is 10.0. The van der Waals surface area contributed by atoms with Crippen LogP contribution in [0.3, 0.4) is 0 Å². The predicted molar refractivity (Wildman–Crippen MR) is 115 cm³/mol. The zero-order chi connectivity index (χ0) is 21.9. The lowest BCUT2D eigenvalue weighted by Crippen LogP contribution is -2.34. The third-order valence-corrected chi connectivity index (χ3v) is 5.53. The SMILES string of the molecule is COc1ccccc1N1CC(C(=O)NC(C)c2cccc(NS(C)(=O)=O)c2)CC1=O. The summed E-state index contributed by atoms with van der Waals surface area (Å²) >= 11 is 0. The molecule has 2 atom stereocenters. The van der Waals surface area contributed by atoms with E-state index in [-0.39, 0.29) is 30.8 Å². The minimum atomic E-state index is -3.39. The second-order valence-electron chi connectivity index (χ2n) is 7.31. The number of rotatable bonds is 7. The van der Waals surface area contributed by atoms with Gasteiger partial charge in [0, 0.05) is 18.7 Å². The van der Waals surface area contributed by atoms with Crippen molar-refractivity contribution >= 4 is 33.2 Å². The molecule has 0 bridgehead atoms. The normalized spacial score (nSPS) is 17.5. The first-order chi connectivity index (χ1) is 14.2. The van der Waals surface area contributed by atoms with Crippen LogP contribution in [0.5, 0.6) is 5.75 Å². The molecule has 0 spiro atoms. The molecule has 1 heterocycles. The highest BCUT2D eigenvalue weighted by atomic mass is 32.2. The summed E-state index contributed by atoms with van der Waals surface area (Å²) in [6.45, 7) is 2.08. The lowest BCUT2D eigenvalue weighted by Gasteiger charge is -2.20. The summed E-state index contributed by atoms with van der Waals surface area (Å²) in [5, 5.41) is 2.92. The van der Waals surface area contributed by atoms with Gasteiger partial charge >= 0.3 is 0 Å². The van der Waals surface area contributed by atoms with Crippen molar-refractivity contribution in [3.05, 3.63) is 54.1 Å². The Labute approximate surface area is 176 Å². The molecule has 9 heteroatoms. The van der Waals surface area contributed by atoms with E-state index in [1.165, 1.54) is 7.11 Å². The zero-order valence-corrected chi connectivity index (χ0v) is 17.9. The highest BCUT2D eigenvalue weighted by molar-refractivity contribution is 7.92. The summed E-state index contributed by atoms with van der Waals surface area (Å²) in [6.07, 6.45) is 1.20. The molecule has 2 aromatic carbocycles. The highest BCUT2D eigenvalue weighted by Crippen LogP contribution is 2.33. The van der Waals surface area contributed by atoms with Crippen molar-refractivity contribution in [3.8, 4) is 5.75 Å². The van der Waals surface area contributed by atoms with Gasteiger partial charge in [-0.1, -0.05) is 24.3 Å². The summed E-state index contributed by atoms with van der Waals surface area (Å²) in [5.74, 6) is -0.265. The van der Waals surface area contributed by atoms with Crippen molar-refractivity contribution in [3.63, 3.8) is 0 Å². The van der Waals surface area contributed by atoms with E-state index in [0.29, 0.717) is 17.1 Å². The monoisotopic (exact) mass is 431 g/mol. The maximum Gasteiger partial charge on any atom is 0.229 e. The number of carbonyl (C=O) groups excluding carboxylic acids is 2. The quantitative estimate of drug-likeness (QED) is 0.700. The third kappa shape index (κ3) is 5.10. The summed E-state index contributed by atoms with van der Waals surface area (Å²) in [5.41, 5.74) is 1.82. The van der Waals surface area contributed by atoms with Crippen LogP contribution in [0, 0.1) is 5.92 Å². The van der Waals surface area contributed by atoms with Crippen molar-refractivity contribution in [1.82, 2.24) is 5.32 Å². The third-order valence-electron chi connectivity index (χ3n) is 4.92. The van der Waals surface area contributed by atoms with E-state index in [4.69, 9.17) is 4.74 Å². The number of carbonyl (C=O) groups is 2. The fraction of sp³-hybridized carbons (Fsp3) is 0.333. The van der Waals surface area contributed by atoms with Gasteiger partial charge in [-0.3, -0.25) is 14.3 Å². The molecular formula is C21H25N3O5S. The molecule has 30 heavy (non-hydrogen) atoms. The molecule has 2 aromatic rings. The fourth-order valence-electron chi connectivity index (χ4n) is 3.47. The van der Waals surface area contributed by atoms with Crippen LogP contribution in [-0.4, -0.2) is 40.1 Å². The Kier molecular flexibility index (Phi) is 6.31. The number of hydrogen-bond acceptors (Lipinski definition) is 5. The van der Waals surface area contributed by atoms with E-state index in [2.05, 4.69) is 10.0 Å². The molecule has 2 N–H and O–H groups in total. The molecule has 1 aliphatic heterocycles. The van der Waals surface area contributed by atoms with Crippen molar-refractivity contribution in [2.75, 3.05) is 29.5 Å². The van der Waals surface area contributed by atoms with Gasteiger partial charge in [-0.15, -0.1) is 0 Å². The average Bonchev–Trinajstić information content (AvgIpc) is 3.08. The molecule has 3 rings (SSSR count). The van der Waals surface area contributed by atoms with E-state index < -0.39 is 15.9 Å². The van der Waals surface area contributed by atoms with E-state index >= 15 is 0 Å². The molecule has 1 fully saturated rings. The second-order valence-corrected chi connectivity index (χ2v) is 9.06.